The second-order valence-corrected chi connectivity index (χ2v) is 5.86. The van der Waals surface area contributed by atoms with Gasteiger partial charge in [-0.3, -0.25) is 0 Å². The summed E-state index contributed by atoms with van der Waals surface area (Å²) in [5, 5.41) is 12.3. The lowest BCUT2D eigenvalue weighted by Crippen LogP contribution is -2.08. The molecule has 0 fully saturated rings. The van der Waals surface area contributed by atoms with Crippen LogP contribution in [0.1, 0.15) is 23.8 Å². The lowest BCUT2D eigenvalue weighted by atomic mass is 10.1. The Hall–Kier alpha value is -0.840. The molecule has 1 N–H and O–H groups in total. The fourth-order valence-electron chi connectivity index (χ4n) is 1.83. The number of aliphatic hydroxyl groups is 1. The van der Waals surface area contributed by atoms with E-state index in [4.69, 9.17) is 4.74 Å². The molecule has 0 spiro atoms. The molecule has 2 aromatic heterocycles. The van der Waals surface area contributed by atoms with E-state index in [1.54, 1.807) is 22.7 Å². The molecule has 1 unspecified atom stereocenters. The van der Waals surface area contributed by atoms with E-state index < -0.39 is 6.10 Å². The highest BCUT2D eigenvalue weighted by atomic mass is 32.1. The lowest BCUT2D eigenvalue weighted by Gasteiger charge is -2.18. The zero-order chi connectivity index (χ0) is 11.0. The van der Waals surface area contributed by atoms with Crippen LogP contribution in [-0.4, -0.2) is 11.7 Å². The normalized spacial score (nSPS) is 18.2. The van der Waals surface area contributed by atoms with Crippen molar-refractivity contribution in [3.05, 3.63) is 34.2 Å². The van der Waals surface area contributed by atoms with Gasteiger partial charge < -0.3 is 9.84 Å². The quantitative estimate of drug-likeness (QED) is 0.883. The summed E-state index contributed by atoms with van der Waals surface area (Å²) in [6.45, 7) is 0.725. The van der Waals surface area contributed by atoms with Gasteiger partial charge in [-0.2, -0.15) is 0 Å². The van der Waals surface area contributed by atoms with Gasteiger partial charge in [0.25, 0.3) is 0 Å². The van der Waals surface area contributed by atoms with Crippen molar-refractivity contribution < 1.29 is 9.84 Å². The highest BCUT2D eigenvalue weighted by molar-refractivity contribution is 7.26. The Morgan fingerprint density at radius 2 is 2.31 bits per heavy atom. The van der Waals surface area contributed by atoms with Gasteiger partial charge in [0, 0.05) is 14.3 Å². The molecule has 0 aliphatic carbocycles. The highest BCUT2D eigenvalue weighted by Crippen LogP contribution is 2.36. The van der Waals surface area contributed by atoms with Crippen molar-refractivity contribution in [3.8, 4) is 0 Å². The van der Waals surface area contributed by atoms with E-state index >= 15 is 0 Å². The van der Waals surface area contributed by atoms with E-state index in [0.717, 1.165) is 30.1 Å². The minimum atomic E-state index is -0.579. The molecule has 3 rings (SSSR count). The van der Waals surface area contributed by atoms with Gasteiger partial charge in [0.1, 0.15) is 11.9 Å². The number of thiophene rings is 2. The minimum absolute atomic E-state index is 0.579. The van der Waals surface area contributed by atoms with Crippen molar-refractivity contribution >= 4 is 32.1 Å². The Kier molecular flexibility index (Phi) is 2.71. The van der Waals surface area contributed by atoms with Crippen LogP contribution < -0.4 is 0 Å². The standard InChI is InChI=1S/C12H12O2S2/c13-12(8-3-1-2-5-14-8)11-7-10-9(16-11)4-6-15-10/h3-4,6-7,12-13H,1-2,5H2. The maximum atomic E-state index is 10.2. The van der Waals surface area contributed by atoms with E-state index in [2.05, 4.69) is 17.5 Å². The summed E-state index contributed by atoms with van der Waals surface area (Å²) < 4.78 is 7.98. The Balaban J connectivity index is 1.91. The second-order valence-electron chi connectivity index (χ2n) is 3.80. The number of hydrogen-bond acceptors (Lipinski definition) is 4. The van der Waals surface area contributed by atoms with E-state index in [1.807, 2.05) is 6.08 Å². The maximum Gasteiger partial charge on any atom is 0.145 e. The molecule has 1 atom stereocenters. The van der Waals surface area contributed by atoms with Crippen molar-refractivity contribution in [1.29, 1.82) is 0 Å². The Morgan fingerprint density at radius 1 is 1.38 bits per heavy atom. The maximum absolute atomic E-state index is 10.2. The summed E-state index contributed by atoms with van der Waals surface area (Å²) in [6, 6.07) is 4.16. The van der Waals surface area contributed by atoms with Gasteiger partial charge in [0.2, 0.25) is 0 Å². The third kappa shape index (κ3) is 1.77. The molecule has 1 aliphatic rings. The van der Waals surface area contributed by atoms with Crippen LogP contribution in [0.3, 0.4) is 0 Å². The largest absolute Gasteiger partial charge is 0.495 e. The number of ether oxygens (including phenoxy) is 1. The van der Waals surface area contributed by atoms with Crippen molar-refractivity contribution in [2.24, 2.45) is 0 Å². The average molecular weight is 252 g/mol. The number of fused-ring (bicyclic) bond motifs is 1. The van der Waals surface area contributed by atoms with Crippen LogP contribution in [0.2, 0.25) is 0 Å². The molecule has 2 aromatic rings. The summed E-state index contributed by atoms with van der Waals surface area (Å²) in [4.78, 5) is 0.981. The third-order valence-electron chi connectivity index (χ3n) is 2.66. The van der Waals surface area contributed by atoms with E-state index in [-0.39, 0.29) is 0 Å². The van der Waals surface area contributed by atoms with Crippen LogP contribution >= 0.6 is 22.7 Å². The predicted octanol–water partition coefficient (Wildman–Crippen LogP) is 3.69. The Bertz CT molecular complexity index is 495. The van der Waals surface area contributed by atoms with Crippen molar-refractivity contribution in [1.82, 2.24) is 0 Å². The van der Waals surface area contributed by atoms with Gasteiger partial charge >= 0.3 is 0 Å². The SMILES string of the molecule is OC(C1=CCCCO1)c1cc2sccc2s1. The van der Waals surface area contributed by atoms with E-state index in [0.29, 0.717) is 0 Å². The molecule has 0 bridgehead atoms. The molecule has 0 amide bonds. The van der Waals surface area contributed by atoms with Gasteiger partial charge in [-0.05, 0) is 36.4 Å². The third-order valence-corrected chi connectivity index (χ3v) is 4.81. The summed E-state index contributed by atoms with van der Waals surface area (Å²) in [6.07, 6.45) is 3.48. The number of aliphatic hydroxyl groups excluding tert-OH is 1. The van der Waals surface area contributed by atoms with Crippen molar-refractivity contribution in [2.75, 3.05) is 6.61 Å². The molecule has 4 heteroatoms. The van der Waals surface area contributed by atoms with Crippen LogP contribution in [0.5, 0.6) is 0 Å². The summed E-state index contributed by atoms with van der Waals surface area (Å²) in [7, 11) is 0. The fourth-order valence-corrected chi connectivity index (χ4v) is 3.94. The van der Waals surface area contributed by atoms with Gasteiger partial charge in [-0.25, -0.2) is 0 Å². The monoisotopic (exact) mass is 252 g/mol. The fraction of sp³-hybridized carbons (Fsp3) is 0.333. The summed E-state index contributed by atoms with van der Waals surface area (Å²) in [5.41, 5.74) is 0. The van der Waals surface area contributed by atoms with Crippen LogP contribution in [0, 0.1) is 0 Å². The zero-order valence-electron chi connectivity index (χ0n) is 8.68. The van der Waals surface area contributed by atoms with Gasteiger partial charge in [-0.1, -0.05) is 0 Å². The molecular weight excluding hydrogens is 240 g/mol. The molecule has 0 radical (unpaired) electrons. The van der Waals surface area contributed by atoms with Gasteiger partial charge in [0.05, 0.1) is 6.61 Å². The smallest absolute Gasteiger partial charge is 0.145 e. The molecule has 1 aliphatic heterocycles. The predicted molar refractivity (Wildman–Crippen MR) is 67.9 cm³/mol. The molecule has 0 saturated heterocycles. The van der Waals surface area contributed by atoms with Gasteiger partial charge in [-0.15, -0.1) is 22.7 Å². The lowest BCUT2D eigenvalue weighted by molar-refractivity contribution is 0.0937. The first-order valence-corrected chi connectivity index (χ1v) is 7.02. The van der Waals surface area contributed by atoms with Crippen molar-refractivity contribution in [2.45, 2.75) is 18.9 Å². The molecule has 3 heterocycles. The number of rotatable bonds is 2. The van der Waals surface area contributed by atoms with Crippen molar-refractivity contribution in [3.63, 3.8) is 0 Å². The summed E-state index contributed by atoms with van der Waals surface area (Å²) >= 11 is 3.36. The first-order valence-electron chi connectivity index (χ1n) is 5.32. The summed E-state index contributed by atoms with van der Waals surface area (Å²) in [5.74, 6) is 0.722. The van der Waals surface area contributed by atoms with Gasteiger partial charge in [0.15, 0.2) is 0 Å². The number of allylic oxidation sites excluding steroid dienone is 1. The van der Waals surface area contributed by atoms with E-state index in [1.165, 1.54) is 9.40 Å². The van der Waals surface area contributed by atoms with Crippen LogP contribution in [0.25, 0.3) is 9.40 Å². The number of hydrogen-bond donors (Lipinski definition) is 1. The van der Waals surface area contributed by atoms with Crippen LogP contribution in [0.15, 0.2) is 29.3 Å². The topological polar surface area (TPSA) is 29.5 Å². The first kappa shape index (κ1) is 10.3. The molecule has 84 valence electrons. The van der Waals surface area contributed by atoms with E-state index in [9.17, 15) is 5.11 Å². The zero-order valence-corrected chi connectivity index (χ0v) is 10.3. The molecule has 16 heavy (non-hydrogen) atoms. The van der Waals surface area contributed by atoms with Crippen LogP contribution in [-0.2, 0) is 4.74 Å². The molecule has 0 aromatic carbocycles. The average Bonchev–Trinajstić information content (AvgIpc) is 2.89. The minimum Gasteiger partial charge on any atom is -0.495 e. The highest BCUT2D eigenvalue weighted by Gasteiger charge is 2.19. The second kappa shape index (κ2) is 4.20. The van der Waals surface area contributed by atoms with Crippen LogP contribution in [0.4, 0.5) is 0 Å². The first-order chi connectivity index (χ1) is 7.84. The Morgan fingerprint density at radius 3 is 3.06 bits per heavy atom. The molecule has 2 nitrogen and oxygen atoms in total. The molecular formula is C12H12O2S2. The Labute approximate surface area is 102 Å². The molecule has 0 saturated carbocycles.